The molecule has 3 aromatic rings. The van der Waals surface area contributed by atoms with E-state index in [1.807, 2.05) is 42.6 Å². The number of nitrogens with one attached hydrogen (secondary N) is 1. The van der Waals surface area contributed by atoms with Crippen molar-refractivity contribution in [3.8, 4) is 23.1 Å². The van der Waals surface area contributed by atoms with Crippen molar-refractivity contribution in [2.75, 3.05) is 11.9 Å². The Labute approximate surface area is 159 Å². The summed E-state index contributed by atoms with van der Waals surface area (Å²) >= 11 is 1.31. The van der Waals surface area contributed by atoms with E-state index in [0.29, 0.717) is 11.6 Å². The van der Waals surface area contributed by atoms with E-state index in [-0.39, 0.29) is 11.3 Å². The van der Waals surface area contributed by atoms with Gasteiger partial charge >= 0.3 is 0 Å². The zero-order valence-corrected chi connectivity index (χ0v) is 15.2. The zero-order valence-electron chi connectivity index (χ0n) is 14.4. The van der Waals surface area contributed by atoms with E-state index in [1.54, 1.807) is 0 Å². The van der Waals surface area contributed by atoms with Crippen molar-refractivity contribution in [3.05, 3.63) is 70.7 Å². The molecule has 4 nitrogen and oxygen atoms in total. The minimum Gasteiger partial charge on any atom is -0.494 e. The van der Waals surface area contributed by atoms with E-state index in [1.165, 1.54) is 23.6 Å². The van der Waals surface area contributed by atoms with Crippen LogP contribution in [0, 0.1) is 23.0 Å². The molecule has 0 fully saturated rings. The van der Waals surface area contributed by atoms with Gasteiger partial charge in [0, 0.05) is 23.2 Å². The first-order chi connectivity index (χ1) is 13.1. The molecule has 2 aromatic carbocycles. The fourth-order valence-corrected chi connectivity index (χ4v) is 3.11. The highest BCUT2D eigenvalue weighted by molar-refractivity contribution is 7.11. The quantitative estimate of drug-likeness (QED) is 0.574. The average Bonchev–Trinajstić information content (AvgIpc) is 3.14. The number of anilines is 1. The molecule has 136 valence electrons. The van der Waals surface area contributed by atoms with E-state index in [2.05, 4.69) is 10.3 Å². The fraction of sp³-hybridized carbons (Fsp3) is 0.100. The summed E-state index contributed by atoms with van der Waals surface area (Å²) in [5, 5.41) is 14.4. The van der Waals surface area contributed by atoms with Gasteiger partial charge in [0.05, 0.1) is 18.0 Å². The molecule has 3 rings (SSSR count). The van der Waals surface area contributed by atoms with E-state index in [4.69, 9.17) is 4.74 Å². The summed E-state index contributed by atoms with van der Waals surface area (Å²) in [7, 11) is 0. The summed E-state index contributed by atoms with van der Waals surface area (Å²) in [5.74, 6) is -0.625. The number of hydrogen-bond donors (Lipinski definition) is 1. The van der Waals surface area contributed by atoms with Crippen LogP contribution in [-0.4, -0.2) is 11.6 Å². The molecule has 0 atom stereocenters. The second-order valence-corrected chi connectivity index (χ2v) is 6.29. The summed E-state index contributed by atoms with van der Waals surface area (Å²) in [6.45, 7) is 2.51. The molecular weight excluding hydrogens is 368 g/mol. The minimum atomic E-state index is -0.738. The zero-order chi connectivity index (χ0) is 19.2. The SMILES string of the molecule is CCOc1ccc(-c2csc(/C(C#N)=C/Nc3ccc(F)cc3F)n2)cc1. The molecular formula is C20H15F2N3OS. The smallest absolute Gasteiger partial charge is 0.149 e. The molecule has 0 aliphatic rings. The van der Waals surface area contributed by atoms with Crippen molar-refractivity contribution in [2.24, 2.45) is 0 Å². The summed E-state index contributed by atoms with van der Waals surface area (Å²) in [6.07, 6.45) is 1.36. The van der Waals surface area contributed by atoms with Crippen molar-refractivity contribution in [2.45, 2.75) is 6.92 Å². The van der Waals surface area contributed by atoms with Crippen molar-refractivity contribution in [1.29, 1.82) is 5.26 Å². The third-order valence-corrected chi connectivity index (χ3v) is 4.49. The number of ether oxygens (including phenoxy) is 1. The van der Waals surface area contributed by atoms with Crippen molar-refractivity contribution in [3.63, 3.8) is 0 Å². The van der Waals surface area contributed by atoms with E-state index < -0.39 is 11.6 Å². The predicted octanol–water partition coefficient (Wildman–Crippen LogP) is 5.46. The molecule has 0 radical (unpaired) electrons. The highest BCUT2D eigenvalue weighted by Crippen LogP contribution is 2.27. The monoisotopic (exact) mass is 383 g/mol. The first-order valence-electron chi connectivity index (χ1n) is 8.11. The molecule has 0 aliphatic carbocycles. The van der Waals surface area contributed by atoms with Gasteiger partial charge in [0.25, 0.3) is 0 Å². The Balaban J connectivity index is 1.79. The number of benzene rings is 2. The number of aromatic nitrogens is 1. The maximum atomic E-state index is 13.7. The minimum absolute atomic E-state index is 0.0763. The van der Waals surface area contributed by atoms with Gasteiger partial charge in [-0.15, -0.1) is 11.3 Å². The first-order valence-corrected chi connectivity index (χ1v) is 8.99. The van der Waals surface area contributed by atoms with Crippen molar-refractivity contribution < 1.29 is 13.5 Å². The maximum Gasteiger partial charge on any atom is 0.149 e. The molecule has 0 bridgehead atoms. The Morgan fingerprint density at radius 2 is 2.04 bits per heavy atom. The number of nitrogens with zero attached hydrogens (tertiary/aromatic N) is 2. The van der Waals surface area contributed by atoms with Crippen LogP contribution in [0.5, 0.6) is 5.75 Å². The second kappa shape index (κ2) is 8.43. The number of halogens is 2. The summed E-state index contributed by atoms with van der Waals surface area (Å²) in [6, 6.07) is 12.7. The topological polar surface area (TPSA) is 57.9 Å². The van der Waals surface area contributed by atoms with Crippen LogP contribution in [0.1, 0.15) is 11.9 Å². The largest absolute Gasteiger partial charge is 0.494 e. The summed E-state index contributed by atoms with van der Waals surface area (Å²) in [5.41, 5.74) is 1.95. The van der Waals surface area contributed by atoms with Crippen LogP contribution >= 0.6 is 11.3 Å². The third-order valence-electron chi connectivity index (χ3n) is 3.62. The maximum absolute atomic E-state index is 13.7. The van der Waals surface area contributed by atoms with Crippen LogP contribution in [0.15, 0.2) is 54.0 Å². The lowest BCUT2D eigenvalue weighted by Gasteiger charge is -2.03. The Kier molecular flexibility index (Phi) is 5.79. The van der Waals surface area contributed by atoms with Gasteiger partial charge in [0.15, 0.2) is 0 Å². The van der Waals surface area contributed by atoms with E-state index >= 15 is 0 Å². The lowest BCUT2D eigenvalue weighted by atomic mass is 10.2. The fourth-order valence-electron chi connectivity index (χ4n) is 2.32. The molecule has 0 saturated heterocycles. The Bertz CT molecular complexity index is 1010. The van der Waals surface area contributed by atoms with Crippen LogP contribution < -0.4 is 10.1 Å². The Morgan fingerprint density at radius 3 is 2.70 bits per heavy atom. The molecule has 1 aromatic heterocycles. The number of allylic oxidation sites excluding steroid dienone is 1. The Hall–Kier alpha value is -3.24. The molecule has 0 aliphatic heterocycles. The molecule has 0 spiro atoms. The van der Waals surface area contributed by atoms with Crippen LogP contribution in [0.4, 0.5) is 14.5 Å². The normalized spacial score (nSPS) is 11.1. The van der Waals surface area contributed by atoms with Gasteiger partial charge in [-0.05, 0) is 43.3 Å². The van der Waals surface area contributed by atoms with Gasteiger partial charge in [-0.2, -0.15) is 5.26 Å². The number of hydrogen-bond acceptors (Lipinski definition) is 5. The Morgan fingerprint density at radius 1 is 1.26 bits per heavy atom. The molecule has 27 heavy (non-hydrogen) atoms. The molecule has 1 heterocycles. The van der Waals surface area contributed by atoms with Gasteiger partial charge in [-0.25, -0.2) is 13.8 Å². The molecule has 0 amide bonds. The molecule has 0 saturated carbocycles. The number of thiazole rings is 1. The third kappa shape index (κ3) is 4.49. The summed E-state index contributed by atoms with van der Waals surface area (Å²) < 4.78 is 32.1. The van der Waals surface area contributed by atoms with Gasteiger partial charge in [0.1, 0.15) is 34.0 Å². The van der Waals surface area contributed by atoms with Gasteiger partial charge < -0.3 is 10.1 Å². The second-order valence-electron chi connectivity index (χ2n) is 5.43. The molecule has 1 N–H and O–H groups in total. The summed E-state index contributed by atoms with van der Waals surface area (Å²) in [4.78, 5) is 4.47. The van der Waals surface area contributed by atoms with Gasteiger partial charge in [0.2, 0.25) is 0 Å². The molecule has 7 heteroatoms. The highest BCUT2D eigenvalue weighted by Gasteiger charge is 2.10. The average molecular weight is 383 g/mol. The number of nitriles is 1. The number of rotatable bonds is 6. The predicted molar refractivity (Wildman–Crippen MR) is 102 cm³/mol. The van der Waals surface area contributed by atoms with Crippen LogP contribution in [0.2, 0.25) is 0 Å². The van der Waals surface area contributed by atoms with Crippen LogP contribution in [0.25, 0.3) is 16.8 Å². The van der Waals surface area contributed by atoms with Gasteiger partial charge in [-0.3, -0.25) is 0 Å². The van der Waals surface area contributed by atoms with Gasteiger partial charge in [-0.1, -0.05) is 0 Å². The molecule has 0 unspecified atom stereocenters. The lowest BCUT2D eigenvalue weighted by molar-refractivity contribution is 0.340. The van der Waals surface area contributed by atoms with E-state index in [0.717, 1.165) is 29.1 Å². The van der Waals surface area contributed by atoms with Crippen LogP contribution in [-0.2, 0) is 0 Å². The first kappa shape index (κ1) is 18.5. The van der Waals surface area contributed by atoms with Crippen molar-refractivity contribution in [1.82, 2.24) is 4.98 Å². The van der Waals surface area contributed by atoms with Crippen molar-refractivity contribution >= 4 is 22.6 Å². The van der Waals surface area contributed by atoms with Crippen LogP contribution in [0.3, 0.4) is 0 Å². The van der Waals surface area contributed by atoms with E-state index in [9.17, 15) is 14.0 Å². The lowest BCUT2D eigenvalue weighted by Crippen LogP contribution is -1.94. The standard InChI is InChI=1S/C20H15F2N3OS/c1-2-26-16-6-3-13(4-7-16)19-12-27-20(25-19)14(10-23)11-24-18-8-5-15(21)9-17(18)22/h3-9,11-12,24H,2H2,1H3/b14-11+. The highest BCUT2D eigenvalue weighted by atomic mass is 32.1.